The van der Waals surface area contributed by atoms with Crippen molar-refractivity contribution in [2.24, 2.45) is 0 Å². The predicted octanol–water partition coefficient (Wildman–Crippen LogP) is 3.31. The highest BCUT2D eigenvalue weighted by atomic mass is 35.5. The predicted molar refractivity (Wildman–Crippen MR) is 128 cm³/mol. The van der Waals surface area contributed by atoms with E-state index in [2.05, 4.69) is 20.3 Å². The number of carbonyl (C=O) groups is 1. The fraction of sp³-hybridized carbons (Fsp3) is 0.273. The second-order valence-corrected chi connectivity index (χ2v) is 7.74. The van der Waals surface area contributed by atoms with Crippen molar-refractivity contribution in [2.75, 3.05) is 23.4 Å². The number of nitrogens with one attached hydrogen (secondary N) is 1. The molecule has 3 heterocycles. The number of amides is 1. The van der Waals surface area contributed by atoms with Gasteiger partial charge >= 0.3 is 0 Å². The minimum absolute atomic E-state index is 0. The van der Waals surface area contributed by atoms with Gasteiger partial charge in [-0.15, -0.1) is 0 Å². The van der Waals surface area contributed by atoms with E-state index in [0.717, 1.165) is 5.56 Å². The molecule has 168 valence electrons. The number of aromatic nitrogens is 3. The third-order valence-corrected chi connectivity index (χ3v) is 5.44. The maximum absolute atomic E-state index is 15.1. The number of benzene rings is 1. The number of hydrogen-bond acceptors (Lipinski definition) is 6. The van der Waals surface area contributed by atoms with Gasteiger partial charge in [-0.1, -0.05) is 17.7 Å². The first-order chi connectivity index (χ1) is 15.0. The van der Waals surface area contributed by atoms with E-state index in [0.29, 0.717) is 41.4 Å². The molecule has 2 aromatic heterocycles. The molecule has 2 unspecified atom stereocenters. The van der Waals surface area contributed by atoms with Crippen LogP contribution in [0.1, 0.15) is 18.1 Å². The van der Waals surface area contributed by atoms with Crippen molar-refractivity contribution in [1.29, 1.82) is 0 Å². The normalized spacial score (nSPS) is 13.3. The average molecular weight is 476 g/mol. The molecule has 1 aliphatic heterocycles. The highest BCUT2D eigenvalue weighted by Gasteiger charge is 2.29. The minimum atomic E-state index is -0.479. The summed E-state index contributed by atoms with van der Waals surface area (Å²) in [5.41, 5.74) is 2.81. The summed E-state index contributed by atoms with van der Waals surface area (Å²) in [7, 11) is 0. The van der Waals surface area contributed by atoms with Crippen molar-refractivity contribution in [2.45, 2.75) is 25.8 Å². The molecule has 2 atom stereocenters. The second-order valence-electron chi connectivity index (χ2n) is 7.38. The van der Waals surface area contributed by atoms with Crippen molar-refractivity contribution in [3.63, 3.8) is 0 Å². The van der Waals surface area contributed by atoms with Crippen LogP contribution in [-0.4, -0.2) is 45.2 Å². The molecule has 0 spiro atoms. The van der Waals surface area contributed by atoms with E-state index >= 15 is 4.39 Å². The summed E-state index contributed by atoms with van der Waals surface area (Å²) in [6, 6.07) is 8.17. The minimum Gasteiger partial charge on any atom is -0.394 e. The zero-order chi connectivity index (χ0) is 22.0. The fourth-order valence-corrected chi connectivity index (χ4v) is 3.74. The van der Waals surface area contributed by atoms with Crippen LogP contribution in [0.3, 0.4) is 0 Å². The van der Waals surface area contributed by atoms with Crippen LogP contribution < -0.4 is 10.2 Å². The lowest BCUT2D eigenvalue weighted by Gasteiger charge is -2.19. The summed E-state index contributed by atoms with van der Waals surface area (Å²) in [6.45, 7) is 2.14. The van der Waals surface area contributed by atoms with Crippen molar-refractivity contribution in [1.82, 2.24) is 15.0 Å². The van der Waals surface area contributed by atoms with Gasteiger partial charge in [0.2, 0.25) is 11.9 Å². The van der Waals surface area contributed by atoms with Gasteiger partial charge in [0.05, 0.1) is 24.4 Å². The van der Waals surface area contributed by atoms with E-state index in [1.165, 1.54) is 11.0 Å². The monoisotopic (exact) mass is 475 g/mol. The Kier molecular flexibility index (Phi) is 7.72. The van der Waals surface area contributed by atoms with Gasteiger partial charge in [0, 0.05) is 30.5 Å². The number of aliphatic hydroxyl groups is 1. The summed E-state index contributed by atoms with van der Waals surface area (Å²) in [6.07, 6.45) is 3.73. The lowest BCUT2D eigenvalue weighted by atomic mass is 10.0. The Balaban J connectivity index is 0.00000289. The number of aliphatic hydroxyl groups excluding tert-OH is 1. The Bertz CT molecular complexity index is 1130. The number of halogens is 2. The van der Waals surface area contributed by atoms with Gasteiger partial charge in [0.25, 0.3) is 0 Å². The second kappa shape index (κ2) is 10.3. The van der Waals surface area contributed by atoms with Crippen molar-refractivity contribution in [3.05, 3.63) is 64.8 Å². The number of fused-ring (bicyclic) bond motifs is 1. The highest BCUT2D eigenvalue weighted by molar-refractivity contribution is 6.92. The van der Waals surface area contributed by atoms with E-state index in [1.54, 1.807) is 37.5 Å². The van der Waals surface area contributed by atoms with Crippen LogP contribution in [0.25, 0.3) is 11.3 Å². The zero-order valence-electron chi connectivity index (χ0n) is 17.6. The van der Waals surface area contributed by atoms with Gasteiger partial charge in [-0.3, -0.25) is 4.79 Å². The Hall–Kier alpha value is -2.67. The standard InChI is InChI=1S/C22H21ClFN5O2.H3P/c1-13(12-30)27-22-26-7-4-18(28-22)16-9-14-5-8-29(20(14)17(24)10-16)19(31)11-15-3-2-6-25-21(15)23;/h2-4,6-7,9-10,13,30H,5,8,11-12H2,1H3,(H,26,27,28);1H3. The Morgan fingerprint density at radius 1 is 1.31 bits per heavy atom. The van der Waals surface area contributed by atoms with Crippen LogP contribution in [0, 0.1) is 5.82 Å². The lowest BCUT2D eigenvalue weighted by molar-refractivity contribution is -0.117. The van der Waals surface area contributed by atoms with Gasteiger partial charge in [-0.05, 0) is 48.7 Å². The number of carbonyl (C=O) groups excluding carboxylic acids is 1. The highest BCUT2D eigenvalue weighted by Crippen LogP contribution is 2.35. The van der Waals surface area contributed by atoms with E-state index < -0.39 is 5.82 Å². The Morgan fingerprint density at radius 2 is 2.12 bits per heavy atom. The van der Waals surface area contributed by atoms with Crippen LogP contribution in [-0.2, 0) is 17.6 Å². The Morgan fingerprint density at radius 3 is 2.88 bits per heavy atom. The maximum atomic E-state index is 15.1. The zero-order valence-corrected chi connectivity index (χ0v) is 19.7. The summed E-state index contributed by atoms with van der Waals surface area (Å²) < 4.78 is 15.1. The SMILES string of the molecule is CC(CO)Nc1nccc(-c2cc(F)c3c(c2)CCN3C(=O)Cc2cccnc2Cl)n1.P. The molecule has 0 bridgehead atoms. The van der Waals surface area contributed by atoms with Gasteiger partial charge in [0.1, 0.15) is 11.0 Å². The molecule has 0 saturated carbocycles. The molecule has 0 aliphatic carbocycles. The lowest BCUT2D eigenvalue weighted by Crippen LogP contribution is -2.31. The average Bonchev–Trinajstić information content (AvgIpc) is 3.20. The van der Waals surface area contributed by atoms with Crippen LogP contribution in [0.15, 0.2) is 42.7 Å². The Labute approximate surface area is 193 Å². The van der Waals surface area contributed by atoms with Crippen molar-refractivity contribution >= 4 is 39.0 Å². The van der Waals surface area contributed by atoms with Crippen LogP contribution in [0.5, 0.6) is 0 Å². The molecule has 10 heteroatoms. The number of pyridine rings is 1. The van der Waals surface area contributed by atoms with Gasteiger partial charge in [-0.2, -0.15) is 9.90 Å². The first-order valence-corrected chi connectivity index (χ1v) is 10.3. The first kappa shape index (κ1) is 24.0. The fourth-order valence-electron chi connectivity index (χ4n) is 3.55. The molecule has 32 heavy (non-hydrogen) atoms. The van der Waals surface area contributed by atoms with Crippen LogP contribution >= 0.6 is 21.5 Å². The van der Waals surface area contributed by atoms with E-state index in [1.807, 2.05) is 6.07 Å². The molecule has 1 amide bonds. The van der Waals surface area contributed by atoms with Gasteiger partial charge in [-0.25, -0.2) is 19.3 Å². The van der Waals surface area contributed by atoms with E-state index in [-0.39, 0.29) is 40.0 Å². The van der Waals surface area contributed by atoms with E-state index in [4.69, 9.17) is 11.6 Å². The molecule has 3 aromatic rings. The van der Waals surface area contributed by atoms with E-state index in [9.17, 15) is 9.90 Å². The molecule has 0 fully saturated rings. The molecular formula is C22H24ClFN5O2P. The largest absolute Gasteiger partial charge is 0.394 e. The molecule has 2 N–H and O–H groups in total. The molecule has 7 nitrogen and oxygen atoms in total. The van der Waals surface area contributed by atoms with Crippen LogP contribution in [0.4, 0.5) is 16.0 Å². The molecule has 4 rings (SSSR count). The van der Waals surface area contributed by atoms with Crippen LogP contribution in [0.2, 0.25) is 5.15 Å². The van der Waals surface area contributed by atoms with Gasteiger partial charge < -0.3 is 15.3 Å². The summed E-state index contributed by atoms with van der Waals surface area (Å²) in [4.78, 5) is 26.8. The maximum Gasteiger partial charge on any atom is 0.231 e. The molecule has 0 saturated heterocycles. The summed E-state index contributed by atoms with van der Waals surface area (Å²) in [5.74, 6) is -0.357. The van der Waals surface area contributed by atoms with Crippen molar-refractivity contribution < 1.29 is 14.3 Å². The summed E-state index contributed by atoms with van der Waals surface area (Å²) in [5, 5.41) is 12.4. The molecular weight excluding hydrogens is 452 g/mol. The van der Waals surface area contributed by atoms with Crippen molar-refractivity contribution in [3.8, 4) is 11.3 Å². The molecule has 1 aromatic carbocycles. The number of nitrogens with zero attached hydrogens (tertiary/aromatic N) is 4. The number of anilines is 2. The topological polar surface area (TPSA) is 91.2 Å². The quantitative estimate of drug-likeness (QED) is 0.420. The third-order valence-electron chi connectivity index (χ3n) is 5.10. The van der Waals surface area contributed by atoms with Gasteiger partial charge in [0.15, 0.2) is 0 Å². The third kappa shape index (κ3) is 5.04. The summed E-state index contributed by atoms with van der Waals surface area (Å²) >= 11 is 6.06. The first-order valence-electron chi connectivity index (χ1n) is 9.89. The molecule has 0 radical (unpaired) electrons. The number of rotatable bonds is 6. The smallest absolute Gasteiger partial charge is 0.231 e. The number of hydrogen-bond donors (Lipinski definition) is 2. The molecule has 1 aliphatic rings.